The molecule has 0 N–H and O–H groups in total. The zero-order valence-corrected chi connectivity index (χ0v) is 13.5. The molecular formula is C15H13N3O4S. The van der Waals surface area contributed by atoms with Crippen LogP contribution in [0.3, 0.4) is 0 Å². The maximum Gasteiger partial charge on any atom is 0.358 e. The second kappa shape index (κ2) is 5.47. The Kier molecular flexibility index (Phi) is 3.61. The zero-order chi connectivity index (χ0) is 16.7. The number of aryl methyl sites for hydroxylation is 1. The molecule has 0 atom stereocenters. The lowest BCUT2D eigenvalue weighted by Crippen LogP contribution is -2.38. The van der Waals surface area contributed by atoms with Gasteiger partial charge in [0.2, 0.25) is 0 Å². The molecule has 8 heteroatoms. The summed E-state index contributed by atoms with van der Waals surface area (Å²) < 4.78 is 12.0. The van der Waals surface area contributed by atoms with Gasteiger partial charge in [0.1, 0.15) is 0 Å². The lowest BCUT2D eigenvalue weighted by molar-refractivity contribution is 0.0598. The van der Waals surface area contributed by atoms with Crippen molar-refractivity contribution >= 4 is 27.6 Å². The summed E-state index contributed by atoms with van der Waals surface area (Å²) in [6, 6.07) is 6.36. The zero-order valence-electron chi connectivity index (χ0n) is 12.7. The van der Waals surface area contributed by atoms with Gasteiger partial charge >= 0.3 is 11.7 Å². The molecule has 0 aliphatic rings. The fourth-order valence-corrected chi connectivity index (χ4v) is 3.03. The van der Waals surface area contributed by atoms with E-state index in [4.69, 9.17) is 4.74 Å². The van der Waals surface area contributed by atoms with Gasteiger partial charge < -0.3 is 9.30 Å². The van der Waals surface area contributed by atoms with Crippen molar-refractivity contribution in [3.63, 3.8) is 0 Å². The summed E-state index contributed by atoms with van der Waals surface area (Å²) in [6.45, 7) is 1.69. The Labute approximate surface area is 134 Å². The topological polar surface area (TPSA) is 83.2 Å². The Morgan fingerprint density at radius 1 is 1.26 bits per heavy atom. The van der Waals surface area contributed by atoms with Crippen LogP contribution < -0.4 is 11.2 Å². The Morgan fingerprint density at radius 3 is 2.70 bits per heavy atom. The number of fused-ring (bicyclic) bond motifs is 1. The number of carbonyl (C=O) groups excluding carboxylic acids is 1. The van der Waals surface area contributed by atoms with Crippen LogP contribution in [0.4, 0.5) is 0 Å². The molecule has 0 aliphatic heterocycles. The Balaban J connectivity index is 2.30. The van der Waals surface area contributed by atoms with Crippen molar-refractivity contribution in [2.24, 2.45) is 7.05 Å². The van der Waals surface area contributed by atoms with Gasteiger partial charge in [-0.1, -0.05) is 0 Å². The minimum Gasteiger partial charge on any atom is -0.464 e. The molecule has 0 spiro atoms. The van der Waals surface area contributed by atoms with Gasteiger partial charge in [0.15, 0.2) is 5.69 Å². The van der Waals surface area contributed by atoms with Crippen LogP contribution in [0.1, 0.15) is 16.2 Å². The second-order valence-corrected chi connectivity index (χ2v) is 5.81. The smallest absolute Gasteiger partial charge is 0.358 e. The van der Waals surface area contributed by atoms with E-state index < -0.39 is 17.2 Å². The van der Waals surface area contributed by atoms with Gasteiger partial charge in [-0.2, -0.15) is 4.37 Å². The Bertz CT molecular complexity index is 1050. The van der Waals surface area contributed by atoms with Crippen LogP contribution in [0, 0.1) is 6.92 Å². The molecule has 0 saturated heterocycles. The Hall–Kier alpha value is -2.74. The first kappa shape index (κ1) is 15.2. The quantitative estimate of drug-likeness (QED) is 0.660. The third-order valence-electron chi connectivity index (χ3n) is 3.65. The molecular weight excluding hydrogens is 318 g/mol. The molecule has 118 valence electrons. The normalized spacial score (nSPS) is 10.9. The number of benzene rings is 1. The molecule has 2 heterocycles. The van der Waals surface area contributed by atoms with Crippen molar-refractivity contribution in [1.29, 1.82) is 0 Å². The Morgan fingerprint density at radius 2 is 2.00 bits per heavy atom. The van der Waals surface area contributed by atoms with Crippen LogP contribution in [0.5, 0.6) is 0 Å². The maximum absolute atomic E-state index is 12.4. The van der Waals surface area contributed by atoms with Crippen molar-refractivity contribution in [3.8, 4) is 5.69 Å². The molecule has 0 amide bonds. The SMILES string of the molecule is COC(=O)c1nsc2ccc(-n3c(=O)cc(C)n(C)c3=O)cc12. The van der Waals surface area contributed by atoms with Crippen LogP contribution in [-0.4, -0.2) is 26.6 Å². The molecule has 0 bridgehead atoms. The number of aromatic nitrogens is 3. The number of rotatable bonds is 2. The van der Waals surface area contributed by atoms with Crippen LogP contribution in [0.25, 0.3) is 15.8 Å². The van der Waals surface area contributed by atoms with E-state index in [2.05, 4.69) is 4.37 Å². The van der Waals surface area contributed by atoms with Crippen LogP contribution in [-0.2, 0) is 11.8 Å². The van der Waals surface area contributed by atoms with Crippen molar-refractivity contribution < 1.29 is 9.53 Å². The third-order valence-corrected chi connectivity index (χ3v) is 4.48. The molecule has 0 aliphatic carbocycles. The van der Waals surface area contributed by atoms with E-state index in [9.17, 15) is 14.4 Å². The summed E-state index contributed by atoms with van der Waals surface area (Å²) in [5.74, 6) is -0.558. The summed E-state index contributed by atoms with van der Waals surface area (Å²) in [4.78, 5) is 36.3. The van der Waals surface area contributed by atoms with E-state index in [1.807, 2.05) is 0 Å². The van der Waals surface area contributed by atoms with Gasteiger partial charge in [-0.25, -0.2) is 14.2 Å². The number of hydrogen-bond acceptors (Lipinski definition) is 6. The summed E-state index contributed by atoms with van der Waals surface area (Å²) >= 11 is 1.15. The van der Waals surface area contributed by atoms with E-state index in [0.717, 1.165) is 20.8 Å². The van der Waals surface area contributed by atoms with Crippen molar-refractivity contribution in [3.05, 3.63) is 56.5 Å². The highest BCUT2D eigenvalue weighted by Gasteiger charge is 2.16. The number of nitrogens with zero attached hydrogens (tertiary/aromatic N) is 3. The molecule has 1 aromatic carbocycles. The van der Waals surface area contributed by atoms with E-state index in [1.165, 1.54) is 17.7 Å². The highest BCUT2D eigenvalue weighted by atomic mass is 32.1. The van der Waals surface area contributed by atoms with Crippen LogP contribution in [0.2, 0.25) is 0 Å². The van der Waals surface area contributed by atoms with Gasteiger partial charge in [-0.05, 0) is 36.7 Å². The highest BCUT2D eigenvalue weighted by Crippen LogP contribution is 2.25. The molecule has 0 unspecified atom stereocenters. The first-order valence-corrected chi connectivity index (χ1v) is 7.49. The minimum absolute atomic E-state index is 0.173. The van der Waals surface area contributed by atoms with Crippen molar-refractivity contribution in [2.45, 2.75) is 6.92 Å². The number of carbonyl (C=O) groups is 1. The van der Waals surface area contributed by atoms with Gasteiger partial charge in [0.05, 0.1) is 17.5 Å². The first-order valence-electron chi connectivity index (χ1n) is 6.72. The predicted octanol–water partition coefficient (Wildman–Crippen LogP) is 1.24. The van der Waals surface area contributed by atoms with Gasteiger partial charge in [-0.15, -0.1) is 0 Å². The molecule has 7 nitrogen and oxygen atoms in total. The second-order valence-electron chi connectivity index (χ2n) is 5.00. The van der Waals surface area contributed by atoms with Gasteiger partial charge in [0, 0.05) is 24.2 Å². The first-order chi connectivity index (χ1) is 10.9. The maximum atomic E-state index is 12.4. The average molecular weight is 331 g/mol. The summed E-state index contributed by atoms with van der Waals surface area (Å²) in [5.41, 5.74) is 0.259. The molecule has 3 aromatic rings. The van der Waals surface area contributed by atoms with Crippen molar-refractivity contribution in [1.82, 2.24) is 13.5 Å². The van der Waals surface area contributed by atoms with Crippen LogP contribution in [0.15, 0.2) is 33.9 Å². The highest BCUT2D eigenvalue weighted by molar-refractivity contribution is 7.13. The predicted molar refractivity (Wildman–Crippen MR) is 86.5 cm³/mol. The lowest BCUT2D eigenvalue weighted by Gasteiger charge is -2.09. The monoisotopic (exact) mass is 331 g/mol. The van der Waals surface area contributed by atoms with E-state index >= 15 is 0 Å². The van der Waals surface area contributed by atoms with Crippen molar-refractivity contribution in [2.75, 3.05) is 7.11 Å². The molecule has 0 fully saturated rings. The molecule has 2 aromatic heterocycles. The largest absolute Gasteiger partial charge is 0.464 e. The number of methoxy groups -OCH3 is 1. The van der Waals surface area contributed by atoms with Gasteiger partial charge in [-0.3, -0.25) is 4.79 Å². The fourth-order valence-electron chi connectivity index (χ4n) is 2.28. The fraction of sp³-hybridized carbons (Fsp3) is 0.200. The summed E-state index contributed by atoms with van der Waals surface area (Å²) in [7, 11) is 2.87. The average Bonchev–Trinajstić information content (AvgIpc) is 2.95. The third kappa shape index (κ3) is 2.36. The van der Waals surface area contributed by atoms with Crippen LogP contribution >= 0.6 is 11.5 Å². The van der Waals surface area contributed by atoms with Gasteiger partial charge in [0.25, 0.3) is 5.56 Å². The summed E-state index contributed by atoms with van der Waals surface area (Å²) in [6.07, 6.45) is 0. The standard InChI is InChI=1S/C15H13N3O4S/c1-8-6-12(19)18(15(21)17(8)2)9-4-5-11-10(7-9)13(16-23-11)14(20)22-3/h4-7H,1-3H3. The number of hydrogen-bond donors (Lipinski definition) is 0. The molecule has 3 rings (SSSR count). The summed E-state index contributed by atoms with van der Waals surface area (Å²) in [5, 5.41) is 0.550. The molecule has 23 heavy (non-hydrogen) atoms. The number of ether oxygens (including phenoxy) is 1. The van der Waals surface area contributed by atoms with E-state index in [-0.39, 0.29) is 5.69 Å². The van der Waals surface area contributed by atoms with E-state index in [0.29, 0.717) is 16.8 Å². The number of esters is 1. The van der Waals surface area contributed by atoms with E-state index in [1.54, 1.807) is 32.2 Å². The lowest BCUT2D eigenvalue weighted by atomic mass is 10.2. The molecule has 0 saturated carbocycles. The molecule has 0 radical (unpaired) electrons. The minimum atomic E-state index is -0.558.